The Morgan fingerprint density at radius 3 is 2.45 bits per heavy atom. The van der Waals surface area contributed by atoms with Crippen LogP contribution in [0.15, 0.2) is 0 Å². The van der Waals surface area contributed by atoms with E-state index in [2.05, 4.69) is 22.0 Å². The predicted octanol–water partition coefficient (Wildman–Crippen LogP) is 0.00520. The van der Waals surface area contributed by atoms with Crippen molar-refractivity contribution in [3.05, 3.63) is 0 Å². The number of hydrogen-bond donors (Lipinski definition) is 2. The molecule has 0 amide bonds. The van der Waals surface area contributed by atoms with Crippen LogP contribution in [0.3, 0.4) is 0 Å². The van der Waals surface area contributed by atoms with Crippen LogP contribution in [0, 0.1) is 0 Å². The Morgan fingerprint density at radius 2 is 1.91 bits per heavy atom. The zero-order valence-corrected chi connectivity index (χ0v) is 8.50. The second kappa shape index (κ2) is 8.33. The first-order chi connectivity index (χ1) is 5.31. The summed E-state index contributed by atoms with van der Waals surface area (Å²) in [5.74, 6) is 0. The lowest BCUT2D eigenvalue weighted by atomic mass is 10.5. The average Bonchev–Trinajstić information content (AvgIpc) is 2.01. The van der Waals surface area contributed by atoms with Gasteiger partial charge in [-0.1, -0.05) is 11.9 Å². The van der Waals surface area contributed by atoms with Gasteiger partial charge in [-0.15, -0.1) is 0 Å². The molecule has 0 aromatic heterocycles. The van der Waals surface area contributed by atoms with Crippen molar-refractivity contribution in [3.63, 3.8) is 0 Å². The Morgan fingerprint density at radius 1 is 1.27 bits per heavy atom. The van der Waals surface area contributed by atoms with E-state index in [1.54, 1.807) is 11.9 Å². The first kappa shape index (κ1) is 11.2. The van der Waals surface area contributed by atoms with Gasteiger partial charge in [-0.2, -0.15) is 0 Å². The van der Waals surface area contributed by atoms with Gasteiger partial charge in [-0.05, 0) is 20.4 Å². The molecule has 3 nitrogen and oxygen atoms in total. The Kier molecular flexibility index (Phi) is 8.50. The van der Waals surface area contributed by atoms with Crippen molar-refractivity contribution in [2.75, 3.05) is 46.5 Å². The van der Waals surface area contributed by atoms with Crippen LogP contribution in [-0.2, 0) is 0 Å². The Labute approximate surface area is 74.0 Å². The molecule has 0 radical (unpaired) electrons. The highest BCUT2D eigenvalue weighted by Gasteiger charge is 1.94. The molecule has 0 bridgehead atoms. The summed E-state index contributed by atoms with van der Waals surface area (Å²) >= 11 is 1.68. The monoisotopic (exact) mass is 177 g/mol. The van der Waals surface area contributed by atoms with Crippen molar-refractivity contribution in [1.29, 1.82) is 0 Å². The van der Waals surface area contributed by atoms with E-state index in [-0.39, 0.29) is 0 Å². The third-order valence-electron chi connectivity index (χ3n) is 1.48. The minimum Gasteiger partial charge on any atom is -0.318 e. The largest absolute Gasteiger partial charge is 0.318 e. The summed E-state index contributed by atoms with van der Waals surface area (Å²) in [6, 6.07) is 0. The van der Waals surface area contributed by atoms with Crippen LogP contribution in [0.4, 0.5) is 0 Å². The van der Waals surface area contributed by atoms with E-state index in [4.69, 9.17) is 0 Å². The molecule has 68 valence electrons. The molecule has 0 atom stereocenters. The Bertz CT molecular complexity index is 80.1. The van der Waals surface area contributed by atoms with Gasteiger partial charge in [0.2, 0.25) is 0 Å². The summed E-state index contributed by atoms with van der Waals surface area (Å²) < 4.78 is 3.21. The van der Waals surface area contributed by atoms with Crippen molar-refractivity contribution in [1.82, 2.24) is 14.9 Å². The third kappa shape index (κ3) is 8.13. The molecule has 11 heavy (non-hydrogen) atoms. The first-order valence-electron chi connectivity index (χ1n) is 3.90. The smallest absolute Gasteiger partial charge is 0.0186 e. The molecule has 0 fully saturated rings. The number of rotatable bonds is 7. The molecule has 0 aliphatic carbocycles. The van der Waals surface area contributed by atoms with E-state index in [9.17, 15) is 0 Å². The van der Waals surface area contributed by atoms with Gasteiger partial charge >= 0.3 is 0 Å². The van der Waals surface area contributed by atoms with Crippen molar-refractivity contribution in [2.24, 2.45) is 0 Å². The van der Waals surface area contributed by atoms with Gasteiger partial charge in [0.25, 0.3) is 0 Å². The first-order valence-corrected chi connectivity index (χ1v) is 5.12. The van der Waals surface area contributed by atoms with Crippen molar-refractivity contribution in [3.8, 4) is 0 Å². The van der Waals surface area contributed by atoms with E-state index >= 15 is 0 Å². The van der Waals surface area contributed by atoms with Gasteiger partial charge in [0, 0.05) is 26.2 Å². The third-order valence-corrected chi connectivity index (χ3v) is 1.98. The lowest BCUT2D eigenvalue weighted by Crippen LogP contribution is -2.31. The molecule has 0 rings (SSSR count). The molecule has 0 aliphatic rings. The van der Waals surface area contributed by atoms with Crippen LogP contribution >= 0.6 is 11.9 Å². The lowest BCUT2D eigenvalue weighted by molar-refractivity contribution is 0.341. The molecule has 4 heteroatoms. The molecule has 0 unspecified atom stereocenters. The van der Waals surface area contributed by atoms with Crippen LogP contribution < -0.4 is 10.0 Å². The number of nitrogens with zero attached hydrogens (tertiary/aromatic N) is 1. The fraction of sp³-hybridized carbons (Fsp3) is 1.00. The van der Waals surface area contributed by atoms with E-state index in [0.29, 0.717) is 0 Å². The van der Waals surface area contributed by atoms with Gasteiger partial charge in [-0.3, -0.25) is 4.72 Å². The maximum atomic E-state index is 3.21. The second-order valence-corrected chi connectivity index (χ2v) is 3.20. The molecular formula is C7H19N3S. The fourth-order valence-corrected chi connectivity index (χ4v) is 1.05. The minimum absolute atomic E-state index is 1.06. The van der Waals surface area contributed by atoms with Crippen molar-refractivity contribution >= 4 is 11.9 Å². The van der Waals surface area contributed by atoms with Crippen LogP contribution in [0.25, 0.3) is 0 Å². The van der Waals surface area contributed by atoms with Crippen LogP contribution in [-0.4, -0.2) is 51.4 Å². The van der Waals surface area contributed by atoms with E-state index < -0.39 is 0 Å². The van der Waals surface area contributed by atoms with E-state index in [1.807, 2.05) is 13.3 Å². The van der Waals surface area contributed by atoms with E-state index in [0.717, 1.165) is 26.2 Å². The molecule has 0 aromatic carbocycles. The highest BCUT2D eigenvalue weighted by atomic mass is 32.2. The molecule has 0 heterocycles. The number of nitrogens with one attached hydrogen (secondary N) is 2. The average molecular weight is 177 g/mol. The summed E-state index contributed by atoms with van der Waals surface area (Å²) in [5, 5.41) is 3.12. The highest BCUT2D eigenvalue weighted by Crippen LogP contribution is 1.83. The molecule has 0 saturated carbocycles. The topological polar surface area (TPSA) is 27.3 Å². The second-order valence-electron chi connectivity index (χ2n) is 2.51. The Balaban J connectivity index is 3.02. The summed E-state index contributed by atoms with van der Waals surface area (Å²) in [7, 11) is 4.12. The van der Waals surface area contributed by atoms with Gasteiger partial charge in [0.1, 0.15) is 0 Å². The SMILES string of the molecule is CNCCN(C)CCNSC. The molecular weight excluding hydrogens is 158 g/mol. The fourth-order valence-electron chi connectivity index (χ4n) is 0.753. The molecule has 0 saturated heterocycles. The lowest BCUT2D eigenvalue weighted by Gasteiger charge is -2.15. The predicted molar refractivity (Wildman–Crippen MR) is 52.9 cm³/mol. The van der Waals surface area contributed by atoms with Crippen LogP contribution in [0.5, 0.6) is 0 Å². The zero-order valence-electron chi connectivity index (χ0n) is 7.68. The van der Waals surface area contributed by atoms with Crippen LogP contribution in [0.2, 0.25) is 0 Å². The minimum atomic E-state index is 1.06. The van der Waals surface area contributed by atoms with Gasteiger partial charge in [-0.25, -0.2) is 0 Å². The molecule has 0 spiro atoms. The molecule has 0 aromatic rings. The summed E-state index contributed by atoms with van der Waals surface area (Å²) in [5.41, 5.74) is 0. The number of hydrogen-bond acceptors (Lipinski definition) is 4. The highest BCUT2D eigenvalue weighted by molar-refractivity contribution is 7.96. The van der Waals surface area contributed by atoms with Gasteiger partial charge in [0.05, 0.1) is 0 Å². The normalized spacial score (nSPS) is 10.9. The Hall–Kier alpha value is 0.230. The summed E-state index contributed by atoms with van der Waals surface area (Å²) in [6.45, 7) is 4.35. The maximum Gasteiger partial charge on any atom is 0.0186 e. The molecule has 0 aliphatic heterocycles. The van der Waals surface area contributed by atoms with Crippen LogP contribution in [0.1, 0.15) is 0 Å². The van der Waals surface area contributed by atoms with Crippen molar-refractivity contribution < 1.29 is 0 Å². The van der Waals surface area contributed by atoms with Gasteiger partial charge < -0.3 is 10.2 Å². The van der Waals surface area contributed by atoms with Crippen molar-refractivity contribution in [2.45, 2.75) is 0 Å². The van der Waals surface area contributed by atoms with E-state index in [1.165, 1.54) is 0 Å². The van der Waals surface area contributed by atoms with Gasteiger partial charge in [0.15, 0.2) is 0 Å². The quantitative estimate of drug-likeness (QED) is 0.423. The standard InChI is InChI=1S/C7H19N3S/c1-8-4-6-10(2)7-5-9-11-3/h8-9H,4-7H2,1-3H3. The zero-order chi connectivity index (χ0) is 8.53. The molecule has 2 N–H and O–H groups in total. The maximum absolute atomic E-state index is 3.21. The summed E-state index contributed by atoms with van der Waals surface area (Å²) in [4.78, 5) is 2.31. The summed E-state index contributed by atoms with van der Waals surface area (Å²) in [6.07, 6.45) is 2.05. The number of likely N-dealkylation sites (N-methyl/N-ethyl adjacent to an activating group) is 2.